The molecule has 1 saturated heterocycles. The number of carbonyl (C=O) groups excluding carboxylic acids is 7. The lowest BCUT2D eigenvalue weighted by Crippen LogP contribution is -2.61. The minimum absolute atomic E-state index is 0.134. The van der Waals surface area contributed by atoms with Crippen LogP contribution in [-0.2, 0) is 38.4 Å². The number of thioether (sulfide) groups is 1. The van der Waals surface area contributed by atoms with Crippen molar-refractivity contribution in [3.05, 3.63) is 0 Å². The highest BCUT2D eigenvalue weighted by Crippen LogP contribution is 2.21. The molecule has 0 bridgehead atoms. The molecule has 0 aromatic carbocycles. The minimum atomic E-state index is -1.27. The molecule has 0 aromatic rings. The maximum absolute atomic E-state index is 13.8. The van der Waals surface area contributed by atoms with E-state index < -0.39 is 102 Å². The van der Waals surface area contributed by atoms with E-state index in [-0.39, 0.29) is 36.3 Å². The summed E-state index contributed by atoms with van der Waals surface area (Å²) in [6.07, 6.45) is 4.08. The van der Waals surface area contributed by atoms with E-state index in [9.17, 15) is 43.5 Å². The second kappa shape index (κ2) is 25.1. The Bertz CT molecular complexity index is 1340. The monoisotopic (exact) mass is 834 g/mol. The zero-order valence-corrected chi connectivity index (χ0v) is 35.5. The van der Waals surface area contributed by atoms with Gasteiger partial charge in [-0.3, -0.25) is 33.6 Å². The molecular formula is C35H62N8O9S3. The molecule has 7 amide bonds. The van der Waals surface area contributed by atoms with E-state index in [4.69, 9.17) is 5.73 Å². The first-order valence-electron chi connectivity index (χ1n) is 18.7. The van der Waals surface area contributed by atoms with Crippen LogP contribution in [0.3, 0.4) is 0 Å². The summed E-state index contributed by atoms with van der Waals surface area (Å²) in [7, 11) is 0. The Morgan fingerprint density at radius 2 is 1.31 bits per heavy atom. The number of nitrogens with zero attached hydrogens (tertiary/aromatic N) is 1. The van der Waals surface area contributed by atoms with Crippen molar-refractivity contribution in [1.29, 1.82) is 0 Å². The summed E-state index contributed by atoms with van der Waals surface area (Å²) in [5.74, 6) is -6.34. The van der Waals surface area contributed by atoms with Gasteiger partial charge in [-0.1, -0.05) is 54.4 Å². The lowest BCUT2D eigenvalue weighted by atomic mass is 9.96. The Morgan fingerprint density at radius 1 is 0.782 bits per heavy atom. The zero-order chi connectivity index (χ0) is 42.0. The molecular weight excluding hydrogens is 773 g/mol. The molecule has 0 aromatic heterocycles. The van der Waals surface area contributed by atoms with Gasteiger partial charge in [-0.25, -0.2) is 4.79 Å². The third kappa shape index (κ3) is 15.7. The summed E-state index contributed by atoms with van der Waals surface area (Å²) in [4.78, 5) is 106. The van der Waals surface area contributed by atoms with E-state index in [1.165, 1.54) is 4.90 Å². The molecule has 20 heteroatoms. The van der Waals surface area contributed by atoms with E-state index in [1.54, 1.807) is 39.5 Å². The molecule has 0 unspecified atom stereocenters. The standard InChI is InChI=1S/C35H62N8O9S3/c1-8-19(5)27(40-25(44)15-37-29(45)21(36)12-14-55-7)33(49)41-26(18(3)4)31(47)38-22(16-53)34(50)43-13-10-11-24(43)30(46)42-28(20(6)9-2)32(48)39-23(17-54)35(51)52/h18-24,26-28,53-54H,8-17,36H2,1-7H3,(H,37,45)(H,38,47)(H,39,48)(H,40,44)(H,41,49)(H,42,46)(H,51,52)/t19-,20-,21-,22-,23-,24-,26-,27-,28-/m0/s1. The number of carbonyl (C=O) groups is 8. The summed E-state index contributed by atoms with van der Waals surface area (Å²) >= 11 is 9.83. The van der Waals surface area contributed by atoms with Gasteiger partial charge in [0.2, 0.25) is 41.4 Å². The van der Waals surface area contributed by atoms with Crippen LogP contribution in [0.25, 0.3) is 0 Å². The first-order valence-corrected chi connectivity index (χ1v) is 21.3. The minimum Gasteiger partial charge on any atom is -0.480 e. The molecule has 17 nitrogen and oxygen atoms in total. The Hall–Kier alpha value is -3.23. The van der Waals surface area contributed by atoms with E-state index in [0.29, 0.717) is 31.4 Å². The summed E-state index contributed by atoms with van der Waals surface area (Å²) in [5.41, 5.74) is 5.87. The molecule has 0 aliphatic carbocycles. The lowest BCUT2D eigenvalue weighted by Gasteiger charge is -2.32. The van der Waals surface area contributed by atoms with Gasteiger partial charge in [0, 0.05) is 18.1 Å². The third-order valence-corrected chi connectivity index (χ3v) is 11.1. The number of hydrogen-bond donors (Lipinski definition) is 10. The summed E-state index contributed by atoms with van der Waals surface area (Å²) in [5, 5.41) is 25.0. The van der Waals surface area contributed by atoms with E-state index >= 15 is 0 Å². The van der Waals surface area contributed by atoms with Gasteiger partial charge in [-0.15, -0.1) is 0 Å². The van der Waals surface area contributed by atoms with Crippen molar-refractivity contribution in [3.63, 3.8) is 0 Å². The van der Waals surface area contributed by atoms with Gasteiger partial charge < -0.3 is 47.6 Å². The van der Waals surface area contributed by atoms with Crippen LogP contribution in [0.1, 0.15) is 73.6 Å². The number of carboxylic acids is 1. The highest BCUT2D eigenvalue weighted by Gasteiger charge is 2.40. The van der Waals surface area contributed by atoms with Crippen LogP contribution in [0, 0.1) is 17.8 Å². The van der Waals surface area contributed by atoms with Crippen molar-refractivity contribution in [3.8, 4) is 0 Å². The number of likely N-dealkylation sites (tertiary alicyclic amines) is 1. The molecule has 314 valence electrons. The fraction of sp³-hybridized carbons (Fsp3) is 0.771. The second-order valence-electron chi connectivity index (χ2n) is 14.2. The van der Waals surface area contributed by atoms with Crippen LogP contribution in [-0.4, -0.2) is 136 Å². The van der Waals surface area contributed by atoms with Crippen LogP contribution in [0.5, 0.6) is 0 Å². The van der Waals surface area contributed by atoms with Gasteiger partial charge >= 0.3 is 5.97 Å². The summed E-state index contributed by atoms with van der Waals surface area (Å²) in [6, 6.07) is -7.45. The molecule has 1 heterocycles. The average Bonchev–Trinajstić information content (AvgIpc) is 3.66. The summed E-state index contributed by atoms with van der Waals surface area (Å²) < 4.78 is 0. The molecule has 55 heavy (non-hydrogen) atoms. The van der Waals surface area contributed by atoms with Gasteiger partial charge in [0.25, 0.3) is 0 Å². The third-order valence-electron chi connectivity index (χ3n) is 9.68. The molecule has 9 atom stereocenters. The van der Waals surface area contributed by atoms with Crippen molar-refractivity contribution < 1.29 is 43.5 Å². The number of amides is 7. The molecule has 9 N–H and O–H groups in total. The molecule has 1 fully saturated rings. The largest absolute Gasteiger partial charge is 0.480 e. The zero-order valence-electron chi connectivity index (χ0n) is 32.9. The average molecular weight is 835 g/mol. The van der Waals surface area contributed by atoms with Crippen molar-refractivity contribution in [1.82, 2.24) is 36.8 Å². The normalized spacial score (nSPS) is 18.4. The number of nitrogens with one attached hydrogen (secondary N) is 6. The van der Waals surface area contributed by atoms with Crippen molar-refractivity contribution in [2.24, 2.45) is 23.5 Å². The molecule has 0 radical (unpaired) electrons. The van der Waals surface area contributed by atoms with E-state index in [2.05, 4.69) is 57.2 Å². The lowest BCUT2D eigenvalue weighted by molar-refractivity contribution is -0.143. The Kier molecular flexibility index (Phi) is 22.7. The van der Waals surface area contributed by atoms with Crippen LogP contribution in [0.4, 0.5) is 0 Å². The maximum atomic E-state index is 13.8. The van der Waals surface area contributed by atoms with Gasteiger partial charge in [0.1, 0.15) is 36.3 Å². The van der Waals surface area contributed by atoms with Gasteiger partial charge in [0.05, 0.1) is 12.6 Å². The maximum Gasteiger partial charge on any atom is 0.327 e. The number of carboxylic acid groups (broad SMARTS) is 1. The smallest absolute Gasteiger partial charge is 0.327 e. The van der Waals surface area contributed by atoms with Crippen LogP contribution < -0.4 is 37.6 Å². The number of nitrogens with two attached hydrogens (primary N) is 1. The Balaban J connectivity index is 3.07. The SMILES string of the molecule is CC[C@H](C)[C@H](NC(=O)CNC(=O)[C@@H](N)CCSC)C(=O)N[C@H](C(=O)N[C@@H](CS)C(=O)N1CCC[C@H]1C(=O)N[C@H](C(=O)N[C@@H](CS)C(=O)O)[C@@H](C)CC)C(C)C. The topological polar surface area (TPSA) is 258 Å². The first kappa shape index (κ1) is 49.8. The molecule has 1 aliphatic heterocycles. The Labute approximate surface area is 339 Å². The van der Waals surface area contributed by atoms with Crippen molar-refractivity contribution >= 4 is 84.3 Å². The van der Waals surface area contributed by atoms with Gasteiger partial charge in [-0.2, -0.15) is 37.0 Å². The second-order valence-corrected chi connectivity index (χ2v) is 15.9. The number of rotatable bonds is 24. The number of hydrogen-bond acceptors (Lipinski definition) is 12. The van der Waals surface area contributed by atoms with Gasteiger partial charge in [-0.05, 0) is 49.0 Å². The van der Waals surface area contributed by atoms with Crippen molar-refractivity contribution in [2.75, 3.05) is 36.6 Å². The number of thiol groups is 2. The molecule has 0 saturated carbocycles. The van der Waals surface area contributed by atoms with Gasteiger partial charge in [0.15, 0.2) is 0 Å². The highest BCUT2D eigenvalue weighted by molar-refractivity contribution is 7.98. The fourth-order valence-electron chi connectivity index (χ4n) is 5.73. The fourth-order valence-corrected chi connectivity index (χ4v) is 6.71. The highest BCUT2D eigenvalue weighted by atomic mass is 32.2. The predicted octanol–water partition coefficient (Wildman–Crippen LogP) is -0.710. The first-order chi connectivity index (χ1) is 25.9. The molecule has 0 spiro atoms. The van der Waals surface area contributed by atoms with E-state index in [0.717, 1.165) is 0 Å². The predicted molar refractivity (Wildman–Crippen MR) is 217 cm³/mol. The summed E-state index contributed by atoms with van der Waals surface area (Å²) in [6.45, 7) is 10.4. The Morgan fingerprint density at radius 3 is 1.82 bits per heavy atom. The number of aliphatic carboxylic acids is 1. The van der Waals surface area contributed by atoms with Crippen LogP contribution >= 0.6 is 37.0 Å². The van der Waals surface area contributed by atoms with Crippen LogP contribution in [0.15, 0.2) is 0 Å². The van der Waals surface area contributed by atoms with E-state index in [1.807, 2.05) is 20.1 Å². The van der Waals surface area contributed by atoms with Crippen LogP contribution in [0.2, 0.25) is 0 Å². The quantitative estimate of drug-likeness (QED) is 0.0544. The molecule has 1 aliphatic rings. The van der Waals surface area contributed by atoms with Crippen molar-refractivity contribution in [2.45, 2.75) is 116 Å². The molecule has 1 rings (SSSR count).